The number of amides is 2. The van der Waals surface area contributed by atoms with Gasteiger partial charge in [-0.1, -0.05) is 20.8 Å². The zero-order valence-corrected chi connectivity index (χ0v) is 16.1. The number of benzene rings is 1. The molecule has 1 aliphatic heterocycles. The van der Waals surface area contributed by atoms with Gasteiger partial charge in [0.2, 0.25) is 5.91 Å². The zero-order valence-electron chi connectivity index (χ0n) is 15.3. The van der Waals surface area contributed by atoms with E-state index in [9.17, 15) is 18.0 Å². The quantitative estimate of drug-likeness (QED) is 0.800. The second-order valence-corrected chi connectivity index (χ2v) is 9.50. The highest BCUT2D eigenvalue weighted by Crippen LogP contribution is 2.19. The number of sulfone groups is 1. The van der Waals surface area contributed by atoms with Crippen LogP contribution >= 0.6 is 0 Å². The van der Waals surface area contributed by atoms with E-state index in [1.54, 1.807) is 17.0 Å². The van der Waals surface area contributed by atoms with Crippen molar-refractivity contribution in [3.8, 4) is 0 Å². The monoisotopic (exact) mass is 366 g/mol. The van der Waals surface area contributed by atoms with Crippen molar-refractivity contribution in [3.05, 3.63) is 29.8 Å². The van der Waals surface area contributed by atoms with Crippen LogP contribution in [-0.2, 0) is 14.6 Å². The molecule has 1 fully saturated rings. The summed E-state index contributed by atoms with van der Waals surface area (Å²) in [6.45, 7) is 7.91. The maximum absolute atomic E-state index is 12.7. The van der Waals surface area contributed by atoms with E-state index in [0.29, 0.717) is 31.7 Å². The normalized spacial score (nSPS) is 16.5. The maximum atomic E-state index is 12.7. The fraction of sp³-hybridized carbons (Fsp3) is 0.556. The zero-order chi connectivity index (χ0) is 18.8. The number of rotatable bonds is 2. The van der Waals surface area contributed by atoms with Gasteiger partial charge in [-0.3, -0.25) is 9.59 Å². The molecule has 0 spiro atoms. The molecule has 7 heteroatoms. The van der Waals surface area contributed by atoms with Crippen LogP contribution in [0.4, 0.5) is 0 Å². The minimum atomic E-state index is -3.28. The molecule has 0 aromatic heterocycles. The van der Waals surface area contributed by atoms with Crippen LogP contribution in [0.5, 0.6) is 0 Å². The molecular formula is C18H26N2O4S. The van der Waals surface area contributed by atoms with Crippen molar-refractivity contribution < 1.29 is 18.0 Å². The topological polar surface area (TPSA) is 74.8 Å². The summed E-state index contributed by atoms with van der Waals surface area (Å²) < 4.78 is 23.0. The summed E-state index contributed by atoms with van der Waals surface area (Å²) in [7, 11) is -3.28. The Morgan fingerprint density at radius 3 is 1.96 bits per heavy atom. The van der Waals surface area contributed by atoms with Gasteiger partial charge in [-0.2, -0.15) is 0 Å². The van der Waals surface area contributed by atoms with Gasteiger partial charge in [-0.15, -0.1) is 0 Å². The second-order valence-electron chi connectivity index (χ2n) is 7.48. The SMILES string of the molecule is CC(C)(C)C(=O)N1CCCN(C(=O)c2ccc(S(C)(=O)=O)cc2)CC1. The molecule has 1 aromatic carbocycles. The first-order chi connectivity index (χ1) is 11.5. The third-order valence-electron chi connectivity index (χ3n) is 4.24. The van der Waals surface area contributed by atoms with Gasteiger partial charge in [0.15, 0.2) is 9.84 Å². The van der Waals surface area contributed by atoms with E-state index in [2.05, 4.69) is 0 Å². The molecule has 0 aliphatic carbocycles. The van der Waals surface area contributed by atoms with E-state index in [1.165, 1.54) is 12.1 Å². The highest BCUT2D eigenvalue weighted by atomic mass is 32.2. The highest BCUT2D eigenvalue weighted by molar-refractivity contribution is 7.90. The van der Waals surface area contributed by atoms with E-state index in [4.69, 9.17) is 0 Å². The van der Waals surface area contributed by atoms with E-state index in [-0.39, 0.29) is 16.7 Å². The average Bonchev–Trinajstić information content (AvgIpc) is 2.77. The third kappa shape index (κ3) is 4.81. The maximum Gasteiger partial charge on any atom is 0.253 e. The van der Waals surface area contributed by atoms with Gasteiger partial charge in [0.1, 0.15) is 0 Å². The first-order valence-corrected chi connectivity index (χ1v) is 10.3. The van der Waals surface area contributed by atoms with Crippen molar-refractivity contribution in [1.82, 2.24) is 9.80 Å². The smallest absolute Gasteiger partial charge is 0.253 e. The average molecular weight is 366 g/mol. The van der Waals surface area contributed by atoms with Crippen LogP contribution in [0.15, 0.2) is 29.2 Å². The first-order valence-electron chi connectivity index (χ1n) is 8.39. The number of carbonyl (C=O) groups is 2. The van der Waals surface area contributed by atoms with Gasteiger partial charge in [-0.25, -0.2) is 8.42 Å². The van der Waals surface area contributed by atoms with Crippen LogP contribution in [0, 0.1) is 5.41 Å². The van der Waals surface area contributed by atoms with Crippen molar-refractivity contribution >= 4 is 21.7 Å². The predicted molar refractivity (Wildman–Crippen MR) is 96.1 cm³/mol. The molecule has 0 radical (unpaired) electrons. The van der Waals surface area contributed by atoms with Crippen molar-refractivity contribution in [1.29, 1.82) is 0 Å². The Labute approximate surface area is 149 Å². The number of hydrogen-bond acceptors (Lipinski definition) is 4. The van der Waals surface area contributed by atoms with E-state index >= 15 is 0 Å². The number of nitrogens with zero attached hydrogens (tertiary/aromatic N) is 2. The second kappa shape index (κ2) is 7.15. The molecule has 1 saturated heterocycles. The molecule has 6 nitrogen and oxygen atoms in total. The summed E-state index contributed by atoms with van der Waals surface area (Å²) in [6.07, 6.45) is 1.87. The van der Waals surface area contributed by atoms with Gasteiger partial charge < -0.3 is 9.80 Å². The third-order valence-corrected chi connectivity index (χ3v) is 5.37. The van der Waals surface area contributed by atoms with Crippen LogP contribution < -0.4 is 0 Å². The molecule has 1 aliphatic rings. The Morgan fingerprint density at radius 2 is 1.44 bits per heavy atom. The molecule has 25 heavy (non-hydrogen) atoms. The van der Waals surface area contributed by atoms with Crippen molar-refractivity contribution in [2.24, 2.45) is 5.41 Å². The van der Waals surface area contributed by atoms with Crippen LogP contribution in [0.2, 0.25) is 0 Å². The summed E-state index contributed by atoms with van der Waals surface area (Å²) in [5.74, 6) is -0.0376. The molecule has 1 aromatic rings. The molecule has 2 amide bonds. The molecule has 0 unspecified atom stereocenters. The molecule has 0 saturated carbocycles. The molecule has 0 N–H and O–H groups in total. The molecule has 2 rings (SSSR count). The predicted octanol–water partition coefficient (Wildman–Crippen LogP) is 1.81. The van der Waals surface area contributed by atoms with Gasteiger partial charge in [-0.05, 0) is 30.7 Å². The van der Waals surface area contributed by atoms with Crippen LogP contribution in [-0.4, -0.2) is 62.5 Å². The molecule has 0 atom stereocenters. The van der Waals surface area contributed by atoms with Crippen molar-refractivity contribution in [2.45, 2.75) is 32.1 Å². The standard InChI is InChI=1S/C18H26N2O4S/c1-18(2,3)17(22)20-11-5-10-19(12-13-20)16(21)14-6-8-15(9-7-14)25(4,23)24/h6-9H,5,10-13H2,1-4H3. The fourth-order valence-corrected chi connectivity index (χ4v) is 3.46. The Hall–Kier alpha value is -1.89. The first kappa shape index (κ1) is 19.4. The lowest BCUT2D eigenvalue weighted by molar-refractivity contribution is -0.139. The molecule has 0 bridgehead atoms. The van der Waals surface area contributed by atoms with E-state index in [0.717, 1.165) is 12.7 Å². The summed E-state index contributed by atoms with van der Waals surface area (Å²) in [4.78, 5) is 28.8. The van der Waals surface area contributed by atoms with Crippen molar-refractivity contribution in [3.63, 3.8) is 0 Å². The summed E-state index contributed by atoms with van der Waals surface area (Å²) >= 11 is 0. The number of hydrogen-bond donors (Lipinski definition) is 0. The van der Waals surface area contributed by atoms with Crippen molar-refractivity contribution in [2.75, 3.05) is 32.4 Å². The summed E-state index contributed by atoms with van der Waals surface area (Å²) in [5, 5.41) is 0. The minimum absolute atomic E-state index is 0.0966. The molecule has 138 valence electrons. The van der Waals surface area contributed by atoms with Crippen LogP contribution in [0.3, 0.4) is 0 Å². The Kier molecular flexibility index (Phi) is 5.56. The Morgan fingerprint density at radius 1 is 0.920 bits per heavy atom. The Bertz CT molecular complexity index is 748. The highest BCUT2D eigenvalue weighted by Gasteiger charge is 2.29. The van der Waals surface area contributed by atoms with E-state index in [1.807, 2.05) is 25.7 Å². The van der Waals surface area contributed by atoms with Gasteiger partial charge in [0.05, 0.1) is 4.90 Å². The summed E-state index contributed by atoms with van der Waals surface area (Å²) in [5.41, 5.74) is 0.0312. The largest absolute Gasteiger partial charge is 0.340 e. The molecular weight excluding hydrogens is 340 g/mol. The van der Waals surface area contributed by atoms with E-state index < -0.39 is 15.3 Å². The minimum Gasteiger partial charge on any atom is -0.340 e. The lowest BCUT2D eigenvalue weighted by atomic mass is 9.94. The molecule has 1 heterocycles. The summed E-state index contributed by atoms with van der Waals surface area (Å²) in [6, 6.07) is 6.00. The fourth-order valence-electron chi connectivity index (χ4n) is 2.83. The van der Waals surface area contributed by atoms with Gasteiger partial charge in [0.25, 0.3) is 5.91 Å². The lowest BCUT2D eigenvalue weighted by Gasteiger charge is -2.28. The van der Waals surface area contributed by atoms with Gasteiger partial charge >= 0.3 is 0 Å². The Balaban J connectivity index is 2.07. The van der Waals surface area contributed by atoms with Gasteiger partial charge in [0, 0.05) is 43.4 Å². The number of carbonyl (C=O) groups excluding carboxylic acids is 2. The van der Waals surface area contributed by atoms with Crippen LogP contribution in [0.1, 0.15) is 37.6 Å². The lowest BCUT2D eigenvalue weighted by Crippen LogP contribution is -2.42. The van der Waals surface area contributed by atoms with Crippen LogP contribution in [0.25, 0.3) is 0 Å².